The lowest BCUT2D eigenvalue weighted by atomic mass is 10.0. The van der Waals surface area contributed by atoms with E-state index in [0.29, 0.717) is 22.7 Å². The number of anilines is 1. The maximum atomic E-state index is 10.4. The van der Waals surface area contributed by atoms with Crippen molar-refractivity contribution in [2.45, 2.75) is 12.5 Å². The van der Waals surface area contributed by atoms with E-state index in [9.17, 15) is 5.11 Å². The lowest BCUT2D eigenvalue weighted by Crippen LogP contribution is -2.09. The third-order valence-corrected chi connectivity index (χ3v) is 3.90. The van der Waals surface area contributed by atoms with Crippen molar-refractivity contribution in [2.24, 2.45) is 7.05 Å². The maximum absolute atomic E-state index is 10.4. The molecule has 0 bridgehead atoms. The summed E-state index contributed by atoms with van der Waals surface area (Å²) >= 11 is 5.88. The van der Waals surface area contributed by atoms with Crippen LogP contribution in [0.5, 0.6) is 0 Å². The molecule has 0 amide bonds. The van der Waals surface area contributed by atoms with Gasteiger partial charge < -0.3 is 15.4 Å². The van der Waals surface area contributed by atoms with Crippen LogP contribution >= 0.6 is 11.6 Å². The summed E-state index contributed by atoms with van der Waals surface area (Å²) in [5.41, 5.74) is 9.05. The first-order valence-corrected chi connectivity index (χ1v) is 7.07. The van der Waals surface area contributed by atoms with Gasteiger partial charge in [0.05, 0.1) is 17.1 Å². The highest BCUT2D eigenvalue weighted by Crippen LogP contribution is 2.27. The fourth-order valence-corrected chi connectivity index (χ4v) is 2.69. The average Bonchev–Trinajstić information content (AvgIpc) is 2.76. The van der Waals surface area contributed by atoms with Crippen LogP contribution in [-0.2, 0) is 13.5 Å². The van der Waals surface area contributed by atoms with Crippen molar-refractivity contribution >= 4 is 28.3 Å². The molecule has 0 aliphatic rings. The van der Waals surface area contributed by atoms with Gasteiger partial charge in [-0.05, 0) is 24.3 Å². The van der Waals surface area contributed by atoms with Crippen molar-refractivity contribution < 1.29 is 5.11 Å². The van der Waals surface area contributed by atoms with Gasteiger partial charge in [-0.2, -0.15) is 0 Å². The molecule has 2 aromatic carbocycles. The molecule has 3 aromatic rings. The minimum absolute atomic E-state index is 0.400. The number of nitrogens with two attached hydrogens (primary N) is 1. The van der Waals surface area contributed by atoms with E-state index < -0.39 is 6.10 Å². The predicted molar refractivity (Wildman–Crippen MR) is 85.2 cm³/mol. The monoisotopic (exact) mass is 301 g/mol. The van der Waals surface area contributed by atoms with Gasteiger partial charge in [-0.25, -0.2) is 4.98 Å². The number of fused-ring (bicyclic) bond motifs is 1. The zero-order valence-corrected chi connectivity index (χ0v) is 12.4. The third kappa shape index (κ3) is 2.60. The largest absolute Gasteiger partial charge is 0.398 e. The van der Waals surface area contributed by atoms with E-state index in [0.717, 1.165) is 16.9 Å². The lowest BCUT2D eigenvalue weighted by molar-refractivity contribution is 0.176. The Bertz CT molecular complexity index is 797. The highest BCUT2D eigenvalue weighted by molar-refractivity contribution is 6.30. The molecule has 3 N–H and O–H groups in total. The number of benzene rings is 2. The Kier molecular flexibility index (Phi) is 3.57. The van der Waals surface area contributed by atoms with Gasteiger partial charge >= 0.3 is 0 Å². The molecular weight excluding hydrogens is 286 g/mol. The second-order valence-electron chi connectivity index (χ2n) is 5.07. The number of hydrogen-bond donors (Lipinski definition) is 2. The number of aliphatic hydroxyl groups is 1. The Morgan fingerprint density at radius 3 is 2.76 bits per heavy atom. The van der Waals surface area contributed by atoms with E-state index >= 15 is 0 Å². The van der Waals surface area contributed by atoms with Gasteiger partial charge in [-0.3, -0.25) is 0 Å². The normalized spacial score (nSPS) is 12.7. The van der Waals surface area contributed by atoms with Crippen LogP contribution < -0.4 is 5.73 Å². The van der Waals surface area contributed by atoms with Gasteiger partial charge in [0.25, 0.3) is 0 Å². The first-order valence-electron chi connectivity index (χ1n) is 6.69. The molecule has 108 valence electrons. The number of aryl methyl sites for hydroxylation is 1. The summed E-state index contributed by atoms with van der Waals surface area (Å²) in [6.07, 6.45) is -0.311. The van der Waals surface area contributed by atoms with Gasteiger partial charge in [0.15, 0.2) is 0 Å². The molecule has 4 nitrogen and oxygen atoms in total. The van der Waals surface area contributed by atoms with Crippen LogP contribution in [0.1, 0.15) is 17.5 Å². The zero-order chi connectivity index (χ0) is 15.0. The molecule has 1 atom stereocenters. The van der Waals surface area contributed by atoms with Crippen molar-refractivity contribution in [2.75, 3.05) is 5.73 Å². The first-order chi connectivity index (χ1) is 10.1. The van der Waals surface area contributed by atoms with E-state index in [-0.39, 0.29) is 0 Å². The van der Waals surface area contributed by atoms with Crippen LogP contribution in [0.25, 0.3) is 11.0 Å². The molecule has 0 fully saturated rings. The summed E-state index contributed by atoms with van der Waals surface area (Å²) in [5.74, 6) is 0.818. The van der Waals surface area contributed by atoms with E-state index in [2.05, 4.69) is 4.98 Å². The molecule has 3 rings (SSSR count). The molecule has 0 aliphatic carbocycles. The summed E-state index contributed by atoms with van der Waals surface area (Å²) in [5, 5.41) is 11.0. The summed E-state index contributed by atoms with van der Waals surface area (Å²) in [7, 11) is 1.95. The predicted octanol–water partition coefficient (Wildman–Crippen LogP) is 3.09. The minimum Gasteiger partial charge on any atom is -0.398 e. The average molecular weight is 302 g/mol. The van der Waals surface area contributed by atoms with Crippen LogP contribution in [0.3, 0.4) is 0 Å². The van der Waals surface area contributed by atoms with Gasteiger partial charge in [0.1, 0.15) is 5.82 Å². The molecule has 0 saturated heterocycles. The number of imidazole rings is 1. The van der Waals surface area contributed by atoms with E-state index in [1.54, 1.807) is 18.2 Å². The quantitative estimate of drug-likeness (QED) is 0.731. The molecule has 0 aliphatic heterocycles. The second kappa shape index (κ2) is 5.39. The number of aromatic nitrogens is 2. The summed E-state index contributed by atoms with van der Waals surface area (Å²) in [6, 6.07) is 13.0. The SMILES string of the molecule is Cn1c(CC(O)c2ccc(Cl)cc2N)nc2ccccc21. The Hall–Kier alpha value is -2.04. The number of para-hydroxylation sites is 2. The number of aliphatic hydroxyl groups excluding tert-OH is 1. The highest BCUT2D eigenvalue weighted by Gasteiger charge is 2.16. The molecule has 1 aromatic heterocycles. The molecule has 5 heteroatoms. The number of halogens is 1. The fraction of sp³-hybridized carbons (Fsp3) is 0.188. The summed E-state index contributed by atoms with van der Waals surface area (Å²) in [4.78, 5) is 4.56. The fourth-order valence-electron chi connectivity index (χ4n) is 2.51. The Balaban J connectivity index is 1.92. The smallest absolute Gasteiger partial charge is 0.112 e. The number of nitrogens with zero attached hydrogens (tertiary/aromatic N) is 2. The molecular formula is C16H16ClN3O. The van der Waals surface area contributed by atoms with Gasteiger partial charge in [-0.1, -0.05) is 29.8 Å². The van der Waals surface area contributed by atoms with Gasteiger partial charge in [0.2, 0.25) is 0 Å². The maximum Gasteiger partial charge on any atom is 0.112 e. The Labute approximate surface area is 127 Å². The van der Waals surface area contributed by atoms with Crippen molar-refractivity contribution in [3.63, 3.8) is 0 Å². The number of hydrogen-bond acceptors (Lipinski definition) is 3. The lowest BCUT2D eigenvalue weighted by Gasteiger charge is -2.13. The summed E-state index contributed by atoms with van der Waals surface area (Å²) in [6.45, 7) is 0. The molecule has 1 heterocycles. The second-order valence-corrected chi connectivity index (χ2v) is 5.51. The summed E-state index contributed by atoms with van der Waals surface area (Å²) < 4.78 is 1.99. The molecule has 0 radical (unpaired) electrons. The Morgan fingerprint density at radius 2 is 2.05 bits per heavy atom. The molecule has 0 saturated carbocycles. The minimum atomic E-state index is -0.710. The topological polar surface area (TPSA) is 64.1 Å². The standard InChI is InChI=1S/C16H16ClN3O/c1-20-14-5-3-2-4-13(14)19-16(20)9-15(21)11-7-6-10(17)8-12(11)18/h2-8,15,21H,9,18H2,1H3. The van der Waals surface area contributed by atoms with Crippen molar-refractivity contribution in [3.05, 3.63) is 58.9 Å². The number of rotatable bonds is 3. The highest BCUT2D eigenvalue weighted by atomic mass is 35.5. The Morgan fingerprint density at radius 1 is 1.29 bits per heavy atom. The molecule has 1 unspecified atom stereocenters. The van der Waals surface area contributed by atoms with Crippen LogP contribution in [0, 0.1) is 0 Å². The number of nitrogen functional groups attached to an aromatic ring is 1. The van der Waals surface area contributed by atoms with Crippen LogP contribution in [0.4, 0.5) is 5.69 Å². The molecule has 21 heavy (non-hydrogen) atoms. The van der Waals surface area contributed by atoms with Gasteiger partial charge in [0, 0.05) is 29.7 Å². The third-order valence-electron chi connectivity index (χ3n) is 3.66. The van der Waals surface area contributed by atoms with Crippen LogP contribution in [0.2, 0.25) is 5.02 Å². The molecule has 0 spiro atoms. The van der Waals surface area contributed by atoms with Crippen LogP contribution in [-0.4, -0.2) is 14.7 Å². The van der Waals surface area contributed by atoms with Crippen LogP contribution in [0.15, 0.2) is 42.5 Å². The van der Waals surface area contributed by atoms with Crippen molar-refractivity contribution in [1.29, 1.82) is 0 Å². The van der Waals surface area contributed by atoms with Gasteiger partial charge in [-0.15, -0.1) is 0 Å². The van der Waals surface area contributed by atoms with E-state index in [1.165, 1.54) is 0 Å². The van der Waals surface area contributed by atoms with E-state index in [4.69, 9.17) is 17.3 Å². The van der Waals surface area contributed by atoms with Crippen molar-refractivity contribution in [3.8, 4) is 0 Å². The van der Waals surface area contributed by atoms with E-state index in [1.807, 2.05) is 35.9 Å². The zero-order valence-electron chi connectivity index (χ0n) is 11.6. The first kappa shape index (κ1) is 13.9. The van der Waals surface area contributed by atoms with Crippen molar-refractivity contribution in [1.82, 2.24) is 9.55 Å².